The maximum atomic E-state index is 5.98. The minimum atomic E-state index is 0.293. The third kappa shape index (κ3) is 4.90. The molecule has 0 spiro atoms. The zero-order chi connectivity index (χ0) is 20.1. The number of aliphatic imine (C=N–C) groups is 1. The van der Waals surface area contributed by atoms with Crippen molar-refractivity contribution in [3.05, 3.63) is 83.7 Å². The summed E-state index contributed by atoms with van der Waals surface area (Å²) >= 11 is 0. The van der Waals surface area contributed by atoms with E-state index in [-0.39, 0.29) is 0 Å². The van der Waals surface area contributed by atoms with E-state index in [4.69, 9.17) is 9.47 Å². The molecule has 4 nitrogen and oxygen atoms in total. The van der Waals surface area contributed by atoms with Gasteiger partial charge in [0.1, 0.15) is 5.75 Å². The Bertz CT molecular complexity index is 999. The van der Waals surface area contributed by atoms with Gasteiger partial charge in [0.15, 0.2) is 0 Å². The molecule has 0 amide bonds. The van der Waals surface area contributed by atoms with Gasteiger partial charge in [0.05, 0.1) is 32.6 Å². The average molecular weight is 386 g/mol. The summed E-state index contributed by atoms with van der Waals surface area (Å²) in [5.74, 6) is 1.07. The summed E-state index contributed by atoms with van der Waals surface area (Å²) in [6.07, 6.45) is 3.64. The first-order valence-electron chi connectivity index (χ1n) is 10.0. The first-order chi connectivity index (χ1) is 14.2. The molecule has 4 rings (SSSR count). The van der Waals surface area contributed by atoms with E-state index in [0.29, 0.717) is 25.7 Å². The Morgan fingerprint density at radius 3 is 2.69 bits per heavy atom. The molecular weight excluding hydrogens is 360 g/mol. The van der Waals surface area contributed by atoms with Gasteiger partial charge in [-0.1, -0.05) is 49.4 Å². The molecule has 1 atom stereocenters. The average Bonchev–Trinajstić information content (AvgIpc) is 3.13. The Labute approximate surface area is 172 Å². The second kappa shape index (κ2) is 9.01. The van der Waals surface area contributed by atoms with E-state index in [1.807, 2.05) is 30.5 Å². The molecule has 1 aliphatic heterocycles. The van der Waals surface area contributed by atoms with E-state index in [2.05, 4.69) is 54.2 Å². The number of pyridine rings is 1. The summed E-state index contributed by atoms with van der Waals surface area (Å²) in [4.78, 5) is 8.88. The zero-order valence-corrected chi connectivity index (χ0v) is 17.0. The quantitative estimate of drug-likeness (QED) is 0.527. The van der Waals surface area contributed by atoms with Crippen molar-refractivity contribution in [1.29, 1.82) is 0 Å². The summed E-state index contributed by atoms with van der Waals surface area (Å²) < 4.78 is 11.8. The Morgan fingerprint density at radius 2 is 1.83 bits per heavy atom. The van der Waals surface area contributed by atoms with Crippen LogP contribution in [-0.4, -0.2) is 23.9 Å². The van der Waals surface area contributed by atoms with Gasteiger partial charge in [-0.2, -0.15) is 0 Å². The fourth-order valence-corrected chi connectivity index (χ4v) is 3.41. The van der Waals surface area contributed by atoms with Crippen molar-refractivity contribution in [3.63, 3.8) is 0 Å². The Kier molecular flexibility index (Phi) is 6.01. The summed E-state index contributed by atoms with van der Waals surface area (Å²) in [5.41, 5.74) is 7.00. The molecule has 3 aromatic rings. The minimum absolute atomic E-state index is 0.293. The van der Waals surface area contributed by atoms with Crippen molar-refractivity contribution < 1.29 is 9.47 Å². The van der Waals surface area contributed by atoms with Crippen molar-refractivity contribution in [2.75, 3.05) is 13.2 Å². The van der Waals surface area contributed by atoms with Crippen LogP contribution in [-0.2, 0) is 17.9 Å². The van der Waals surface area contributed by atoms with E-state index < -0.39 is 0 Å². The second-order valence-electron chi connectivity index (χ2n) is 7.60. The van der Waals surface area contributed by atoms with Gasteiger partial charge in [-0.3, -0.25) is 9.98 Å². The van der Waals surface area contributed by atoms with E-state index in [9.17, 15) is 0 Å². The Hall–Kier alpha value is -2.98. The first kappa shape index (κ1) is 19.3. The molecular formula is C25H26N2O2. The van der Waals surface area contributed by atoms with Gasteiger partial charge in [-0.05, 0) is 35.7 Å². The lowest BCUT2D eigenvalue weighted by atomic mass is 9.99. The molecule has 0 saturated heterocycles. The van der Waals surface area contributed by atoms with Gasteiger partial charge in [-0.25, -0.2) is 0 Å². The zero-order valence-electron chi connectivity index (χ0n) is 17.0. The summed E-state index contributed by atoms with van der Waals surface area (Å²) in [5, 5.41) is 0. The maximum absolute atomic E-state index is 5.98. The predicted molar refractivity (Wildman–Crippen MR) is 116 cm³/mol. The maximum Gasteiger partial charge on any atom is 0.138 e. The topological polar surface area (TPSA) is 43.7 Å². The highest BCUT2D eigenvalue weighted by Crippen LogP contribution is 2.28. The molecule has 0 aliphatic carbocycles. The molecule has 148 valence electrons. The second-order valence-corrected chi connectivity index (χ2v) is 7.60. The van der Waals surface area contributed by atoms with Crippen LogP contribution in [0.4, 0.5) is 0 Å². The molecule has 0 saturated carbocycles. The van der Waals surface area contributed by atoms with Crippen LogP contribution in [0.5, 0.6) is 5.75 Å². The number of aromatic nitrogens is 1. The molecule has 29 heavy (non-hydrogen) atoms. The van der Waals surface area contributed by atoms with E-state index in [0.717, 1.165) is 29.1 Å². The molecule has 0 radical (unpaired) electrons. The van der Waals surface area contributed by atoms with E-state index in [1.54, 1.807) is 6.20 Å². The number of benzene rings is 2. The molecule has 1 aromatic heterocycles. The third-order valence-electron chi connectivity index (χ3n) is 5.08. The van der Waals surface area contributed by atoms with Gasteiger partial charge < -0.3 is 9.47 Å². The van der Waals surface area contributed by atoms with Crippen molar-refractivity contribution in [1.82, 2.24) is 4.98 Å². The first-order valence-corrected chi connectivity index (χ1v) is 10.0. The van der Waals surface area contributed by atoms with Gasteiger partial charge >= 0.3 is 0 Å². The van der Waals surface area contributed by atoms with Gasteiger partial charge in [0.2, 0.25) is 0 Å². The van der Waals surface area contributed by atoms with Gasteiger partial charge in [0.25, 0.3) is 0 Å². The van der Waals surface area contributed by atoms with Crippen molar-refractivity contribution in [2.24, 2.45) is 10.9 Å². The SMILES string of the molecule is CC1=NCc2ccc(-c3cncc(OC[C@@H](C)COCc4ccccc4)c3)cc21. The molecule has 0 bridgehead atoms. The van der Waals surface area contributed by atoms with Crippen molar-refractivity contribution in [3.8, 4) is 16.9 Å². The molecule has 0 N–H and O–H groups in total. The minimum Gasteiger partial charge on any atom is -0.492 e. The lowest BCUT2D eigenvalue weighted by Gasteiger charge is -2.14. The van der Waals surface area contributed by atoms with Crippen LogP contribution in [0.15, 0.2) is 72.0 Å². The molecule has 1 aliphatic rings. The monoisotopic (exact) mass is 386 g/mol. The van der Waals surface area contributed by atoms with Crippen molar-refractivity contribution >= 4 is 5.71 Å². The number of fused-ring (bicyclic) bond motifs is 1. The highest BCUT2D eigenvalue weighted by atomic mass is 16.5. The van der Waals surface area contributed by atoms with Gasteiger partial charge in [0, 0.05) is 29.0 Å². The van der Waals surface area contributed by atoms with Gasteiger partial charge in [-0.15, -0.1) is 0 Å². The molecule has 2 aromatic carbocycles. The lowest BCUT2D eigenvalue weighted by Crippen LogP contribution is -2.15. The van der Waals surface area contributed by atoms with Crippen LogP contribution in [0.25, 0.3) is 11.1 Å². The smallest absolute Gasteiger partial charge is 0.138 e. The van der Waals surface area contributed by atoms with Crippen LogP contribution in [0.2, 0.25) is 0 Å². The Morgan fingerprint density at radius 1 is 0.966 bits per heavy atom. The van der Waals surface area contributed by atoms with Crippen LogP contribution in [0, 0.1) is 5.92 Å². The number of rotatable bonds is 8. The number of nitrogens with zero attached hydrogens (tertiary/aromatic N) is 2. The van der Waals surface area contributed by atoms with E-state index in [1.165, 1.54) is 16.7 Å². The van der Waals surface area contributed by atoms with E-state index >= 15 is 0 Å². The lowest BCUT2D eigenvalue weighted by molar-refractivity contribution is 0.0741. The Balaban J connectivity index is 1.32. The molecule has 2 heterocycles. The fraction of sp³-hybridized carbons (Fsp3) is 0.280. The third-order valence-corrected chi connectivity index (χ3v) is 5.08. The summed E-state index contributed by atoms with van der Waals surface area (Å²) in [6, 6.07) is 18.8. The summed E-state index contributed by atoms with van der Waals surface area (Å²) in [7, 11) is 0. The van der Waals surface area contributed by atoms with Crippen LogP contribution in [0.1, 0.15) is 30.5 Å². The van der Waals surface area contributed by atoms with Crippen LogP contribution in [0.3, 0.4) is 0 Å². The predicted octanol–water partition coefficient (Wildman–Crippen LogP) is 5.30. The fourth-order valence-electron chi connectivity index (χ4n) is 3.41. The standard InChI is InChI=1S/C25H26N2O2/c1-18(15-28-17-20-6-4-3-5-7-20)16-29-24-10-23(12-26-14-24)21-8-9-22-13-27-19(2)25(22)11-21/h3-12,14,18H,13,15-17H2,1-2H3/t18-/m0/s1. The molecule has 0 unspecified atom stereocenters. The molecule has 0 fully saturated rings. The number of hydrogen-bond donors (Lipinski definition) is 0. The van der Waals surface area contributed by atoms with Crippen LogP contribution >= 0.6 is 0 Å². The molecule has 4 heteroatoms. The largest absolute Gasteiger partial charge is 0.492 e. The number of ether oxygens (including phenoxy) is 2. The normalized spacial score (nSPS) is 13.7. The highest BCUT2D eigenvalue weighted by Gasteiger charge is 2.13. The summed E-state index contributed by atoms with van der Waals surface area (Å²) in [6.45, 7) is 6.86. The van der Waals surface area contributed by atoms with Crippen molar-refractivity contribution in [2.45, 2.75) is 27.0 Å². The highest BCUT2D eigenvalue weighted by molar-refractivity contribution is 6.02. The number of hydrogen-bond acceptors (Lipinski definition) is 4. The van der Waals surface area contributed by atoms with Crippen LogP contribution < -0.4 is 4.74 Å².